The van der Waals surface area contributed by atoms with Crippen LogP contribution in [0.5, 0.6) is 0 Å². The van der Waals surface area contributed by atoms with Crippen molar-refractivity contribution >= 4 is 0 Å². The Balaban J connectivity index is 2.23. The van der Waals surface area contributed by atoms with Gasteiger partial charge in [-0.15, -0.1) is 0 Å². The molecular formula is C13H26O. The van der Waals surface area contributed by atoms with Gasteiger partial charge in [0.25, 0.3) is 0 Å². The minimum atomic E-state index is 0.0347. The molecule has 0 aromatic rings. The Morgan fingerprint density at radius 3 is 2.07 bits per heavy atom. The van der Waals surface area contributed by atoms with Crippen LogP contribution in [0.1, 0.15) is 60.3 Å². The molecule has 84 valence electrons. The summed E-state index contributed by atoms with van der Waals surface area (Å²) in [6, 6.07) is 0. The van der Waals surface area contributed by atoms with E-state index in [9.17, 15) is 0 Å². The molecular weight excluding hydrogens is 172 g/mol. The first kappa shape index (κ1) is 12.0. The normalized spacial score (nSPS) is 23.8. The molecule has 1 aliphatic rings. The van der Waals surface area contributed by atoms with Gasteiger partial charge >= 0.3 is 0 Å². The SMILES string of the molecule is CC1(C)CCC(COC(C)(C)C)CC1. The number of hydrogen-bond acceptors (Lipinski definition) is 1. The van der Waals surface area contributed by atoms with Crippen LogP contribution in [0.15, 0.2) is 0 Å². The van der Waals surface area contributed by atoms with Gasteiger partial charge in [-0.2, -0.15) is 0 Å². The van der Waals surface area contributed by atoms with Crippen molar-refractivity contribution < 1.29 is 4.74 Å². The minimum Gasteiger partial charge on any atom is -0.376 e. The zero-order valence-corrected chi connectivity index (χ0v) is 10.5. The van der Waals surface area contributed by atoms with E-state index < -0.39 is 0 Å². The molecule has 0 unspecified atom stereocenters. The summed E-state index contributed by atoms with van der Waals surface area (Å²) in [4.78, 5) is 0. The Labute approximate surface area is 89.2 Å². The smallest absolute Gasteiger partial charge is 0.0598 e. The first-order valence-corrected chi connectivity index (χ1v) is 5.92. The van der Waals surface area contributed by atoms with Crippen LogP contribution in [0.25, 0.3) is 0 Å². The average molecular weight is 198 g/mol. The molecule has 1 aliphatic carbocycles. The van der Waals surface area contributed by atoms with Crippen molar-refractivity contribution in [1.29, 1.82) is 0 Å². The van der Waals surface area contributed by atoms with Crippen molar-refractivity contribution in [3.8, 4) is 0 Å². The van der Waals surface area contributed by atoms with E-state index in [1.165, 1.54) is 25.7 Å². The van der Waals surface area contributed by atoms with Gasteiger partial charge in [0.2, 0.25) is 0 Å². The van der Waals surface area contributed by atoms with Crippen LogP contribution in [-0.2, 0) is 4.74 Å². The molecule has 0 aliphatic heterocycles. The lowest BCUT2D eigenvalue weighted by molar-refractivity contribution is -0.0334. The fourth-order valence-electron chi connectivity index (χ4n) is 1.99. The quantitative estimate of drug-likeness (QED) is 0.651. The maximum absolute atomic E-state index is 5.84. The van der Waals surface area contributed by atoms with Crippen molar-refractivity contribution in [3.05, 3.63) is 0 Å². The molecule has 0 saturated heterocycles. The molecule has 0 spiro atoms. The van der Waals surface area contributed by atoms with Crippen molar-refractivity contribution in [3.63, 3.8) is 0 Å². The molecule has 0 aromatic carbocycles. The summed E-state index contributed by atoms with van der Waals surface area (Å²) in [6.07, 6.45) is 5.43. The average Bonchev–Trinajstić information content (AvgIpc) is 2.01. The van der Waals surface area contributed by atoms with Gasteiger partial charge in [0.05, 0.1) is 12.2 Å². The summed E-state index contributed by atoms with van der Waals surface area (Å²) in [7, 11) is 0. The maximum atomic E-state index is 5.84. The Hall–Kier alpha value is -0.0400. The van der Waals surface area contributed by atoms with Gasteiger partial charge in [0.15, 0.2) is 0 Å². The second kappa shape index (κ2) is 4.22. The molecule has 0 radical (unpaired) electrons. The summed E-state index contributed by atoms with van der Waals surface area (Å²) in [5.41, 5.74) is 0.616. The van der Waals surface area contributed by atoms with E-state index >= 15 is 0 Å². The molecule has 0 atom stereocenters. The Kier molecular flexibility index (Phi) is 3.63. The van der Waals surface area contributed by atoms with Crippen LogP contribution in [0.3, 0.4) is 0 Å². The van der Waals surface area contributed by atoms with Crippen LogP contribution >= 0.6 is 0 Å². The Morgan fingerprint density at radius 2 is 1.64 bits per heavy atom. The lowest BCUT2D eigenvalue weighted by Crippen LogP contribution is -2.28. The molecule has 0 aromatic heterocycles. The second-order valence-electron chi connectivity index (χ2n) is 6.53. The van der Waals surface area contributed by atoms with Gasteiger partial charge in [0, 0.05) is 0 Å². The van der Waals surface area contributed by atoms with E-state index in [0.29, 0.717) is 5.41 Å². The Bertz CT molecular complexity index is 166. The van der Waals surface area contributed by atoms with Gasteiger partial charge in [-0.25, -0.2) is 0 Å². The van der Waals surface area contributed by atoms with Gasteiger partial charge in [-0.05, 0) is 57.8 Å². The molecule has 1 saturated carbocycles. The zero-order valence-electron chi connectivity index (χ0n) is 10.5. The third-order valence-corrected chi connectivity index (χ3v) is 3.21. The predicted octanol–water partition coefficient (Wildman–Crippen LogP) is 4.02. The van der Waals surface area contributed by atoms with Crippen molar-refractivity contribution in [1.82, 2.24) is 0 Å². The monoisotopic (exact) mass is 198 g/mol. The Morgan fingerprint density at radius 1 is 1.14 bits per heavy atom. The summed E-state index contributed by atoms with van der Waals surface area (Å²) in [5, 5.41) is 0. The predicted molar refractivity (Wildman–Crippen MR) is 61.4 cm³/mol. The van der Waals surface area contributed by atoms with Crippen LogP contribution in [0.4, 0.5) is 0 Å². The summed E-state index contributed by atoms with van der Waals surface area (Å²) < 4.78 is 5.84. The highest BCUT2D eigenvalue weighted by molar-refractivity contribution is 4.78. The molecule has 0 bridgehead atoms. The van der Waals surface area contributed by atoms with E-state index in [-0.39, 0.29) is 5.60 Å². The zero-order chi connectivity index (χ0) is 10.8. The molecule has 1 fully saturated rings. The molecule has 1 heteroatoms. The van der Waals surface area contributed by atoms with E-state index in [0.717, 1.165) is 12.5 Å². The summed E-state index contributed by atoms with van der Waals surface area (Å²) in [6.45, 7) is 12.1. The standard InChI is InChI=1S/C13H26O/c1-12(2,3)14-10-11-6-8-13(4,5)9-7-11/h11H,6-10H2,1-5H3. The van der Waals surface area contributed by atoms with Crippen LogP contribution in [-0.4, -0.2) is 12.2 Å². The molecule has 14 heavy (non-hydrogen) atoms. The lowest BCUT2D eigenvalue weighted by atomic mass is 9.73. The van der Waals surface area contributed by atoms with Gasteiger partial charge in [-0.3, -0.25) is 0 Å². The van der Waals surface area contributed by atoms with E-state index in [1.54, 1.807) is 0 Å². The van der Waals surface area contributed by atoms with Gasteiger partial charge < -0.3 is 4.74 Å². The fourth-order valence-corrected chi connectivity index (χ4v) is 1.99. The van der Waals surface area contributed by atoms with Crippen LogP contribution in [0.2, 0.25) is 0 Å². The van der Waals surface area contributed by atoms with E-state index in [4.69, 9.17) is 4.74 Å². The summed E-state index contributed by atoms with van der Waals surface area (Å²) >= 11 is 0. The third-order valence-electron chi connectivity index (χ3n) is 3.21. The fraction of sp³-hybridized carbons (Fsp3) is 1.00. The molecule has 0 amide bonds. The minimum absolute atomic E-state index is 0.0347. The first-order chi connectivity index (χ1) is 6.29. The molecule has 1 rings (SSSR count). The van der Waals surface area contributed by atoms with Crippen LogP contribution < -0.4 is 0 Å². The van der Waals surface area contributed by atoms with Crippen LogP contribution in [0, 0.1) is 11.3 Å². The highest BCUT2D eigenvalue weighted by Gasteiger charge is 2.27. The third kappa shape index (κ3) is 4.45. The number of rotatable bonds is 2. The van der Waals surface area contributed by atoms with Crippen molar-refractivity contribution in [2.24, 2.45) is 11.3 Å². The molecule has 1 nitrogen and oxygen atoms in total. The maximum Gasteiger partial charge on any atom is 0.0598 e. The van der Waals surface area contributed by atoms with Gasteiger partial charge in [0.1, 0.15) is 0 Å². The highest BCUT2D eigenvalue weighted by atomic mass is 16.5. The number of ether oxygens (including phenoxy) is 1. The van der Waals surface area contributed by atoms with Crippen molar-refractivity contribution in [2.45, 2.75) is 65.9 Å². The lowest BCUT2D eigenvalue weighted by Gasteiger charge is -2.35. The van der Waals surface area contributed by atoms with E-state index in [1.807, 2.05) is 0 Å². The first-order valence-electron chi connectivity index (χ1n) is 5.92. The largest absolute Gasteiger partial charge is 0.376 e. The number of hydrogen-bond donors (Lipinski definition) is 0. The van der Waals surface area contributed by atoms with Crippen molar-refractivity contribution in [2.75, 3.05) is 6.61 Å². The van der Waals surface area contributed by atoms with E-state index in [2.05, 4.69) is 34.6 Å². The summed E-state index contributed by atoms with van der Waals surface area (Å²) in [5.74, 6) is 0.808. The van der Waals surface area contributed by atoms with Gasteiger partial charge in [-0.1, -0.05) is 13.8 Å². The highest BCUT2D eigenvalue weighted by Crippen LogP contribution is 2.38. The topological polar surface area (TPSA) is 9.23 Å². The molecule has 0 N–H and O–H groups in total. The molecule has 0 heterocycles. The second-order valence-corrected chi connectivity index (χ2v) is 6.53.